The molecule has 0 saturated heterocycles. The number of carboxylic acids is 1. The molecule has 1 aliphatic carbocycles. The molecule has 0 aliphatic heterocycles. The van der Waals surface area contributed by atoms with Crippen molar-refractivity contribution in [1.82, 2.24) is 5.32 Å². The number of hydrogen-bond acceptors (Lipinski definition) is 3. The summed E-state index contributed by atoms with van der Waals surface area (Å²) in [5.74, 6) is -0.748. The summed E-state index contributed by atoms with van der Waals surface area (Å²) in [6.07, 6.45) is 4.65. The molecule has 0 bridgehead atoms. The fraction of sp³-hybridized carbons (Fsp3) is 0.471. The smallest absolute Gasteiger partial charge is 0.306 e. The Morgan fingerprint density at radius 3 is 2.76 bits per heavy atom. The topological polar surface area (TPSA) is 49.3 Å². The third-order valence-electron chi connectivity index (χ3n) is 4.46. The maximum Gasteiger partial charge on any atom is 0.306 e. The number of aliphatic carboxylic acids is 1. The van der Waals surface area contributed by atoms with Gasteiger partial charge in [0.05, 0.1) is 5.92 Å². The molecular weight excluding hydrogens is 282 g/mol. The zero-order valence-corrected chi connectivity index (χ0v) is 12.9. The number of thiophene rings is 1. The van der Waals surface area contributed by atoms with E-state index in [0.717, 1.165) is 38.6 Å². The molecule has 4 heteroatoms. The van der Waals surface area contributed by atoms with Gasteiger partial charge in [0.1, 0.15) is 0 Å². The molecular formula is C17H21NO2S. The van der Waals surface area contributed by atoms with Gasteiger partial charge in [0.25, 0.3) is 0 Å². The number of nitrogens with one attached hydrogen (secondary N) is 1. The first-order valence-electron chi connectivity index (χ1n) is 7.65. The summed E-state index contributed by atoms with van der Waals surface area (Å²) in [7, 11) is 0. The average Bonchev–Trinajstić information content (AvgIpc) is 2.91. The standard InChI is InChI=1S/C17H21NO2S/c19-17(20)12-5-7-14(8-6-12)18-10-9-13-11-21-16-4-2-1-3-15(13)16/h1-4,11-12,14,18H,5-10H2,(H,19,20). The fourth-order valence-electron chi connectivity index (χ4n) is 3.18. The molecule has 3 nitrogen and oxygen atoms in total. The second-order valence-electron chi connectivity index (χ2n) is 5.85. The van der Waals surface area contributed by atoms with E-state index in [9.17, 15) is 4.79 Å². The van der Waals surface area contributed by atoms with Crippen LogP contribution < -0.4 is 5.32 Å². The molecule has 2 N–H and O–H groups in total. The molecule has 112 valence electrons. The summed E-state index contributed by atoms with van der Waals surface area (Å²) in [5.41, 5.74) is 1.42. The van der Waals surface area contributed by atoms with Crippen LogP contribution in [0.5, 0.6) is 0 Å². The van der Waals surface area contributed by atoms with Gasteiger partial charge in [-0.2, -0.15) is 0 Å². The van der Waals surface area contributed by atoms with Crippen LogP contribution in [0, 0.1) is 5.92 Å². The summed E-state index contributed by atoms with van der Waals surface area (Å²) in [6.45, 7) is 0.975. The van der Waals surface area contributed by atoms with Crippen LogP contribution in [-0.4, -0.2) is 23.7 Å². The van der Waals surface area contributed by atoms with Crippen molar-refractivity contribution < 1.29 is 9.90 Å². The normalized spacial score (nSPS) is 22.5. The molecule has 0 radical (unpaired) electrons. The number of hydrogen-bond donors (Lipinski definition) is 2. The predicted octanol–water partition coefficient (Wildman–Crippen LogP) is 3.68. The van der Waals surface area contributed by atoms with Gasteiger partial charge in [-0.15, -0.1) is 11.3 Å². The van der Waals surface area contributed by atoms with Gasteiger partial charge in [0, 0.05) is 10.7 Å². The summed E-state index contributed by atoms with van der Waals surface area (Å²) in [5, 5.41) is 16.2. The van der Waals surface area contributed by atoms with Gasteiger partial charge < -0.3 is 10.4 Å². The lowest BCUT2D eigenvalue weighted by molar-refractivity contribution is -0.142. The van der Waals surface area contributed by atoms with Crippen molar-refractivity contribution in [3.8, 4) is 0 Å². The first kappa shape index (κ1) is 14.5. The Morgan fingerprint density at radius 1 is 1.24 bits per heavy atom. The number of fused-ring (bicyclic) bond motifs is 1. The van der Waals surface area contributed by atoms with Crippen LogP contribution in [0.3, 0.4) is 0 Å². The molecule has 0 spiro atoms. The van der Waals surface area contributed by atoms with Gasteiger partial charge in [-0.05, 0) is 61.0 Å². The van der Waals surface area contributed by atoms with Crippen LogP contribution in [0.15, 0.2) is 29.6 Å². The first-order chi connectivity index (χ1) is 10.2. The predicted molar refractivity (Wildman–Crippen MR) is 86.9 cm³/mol. The van der Waals surface area contributed by atoms with Crippen LogP contribution >= 0.6 is 11.3 Å². The van der Waals surface area contributed by atoms with Crippen molar-refractivity contribution >= 4 is 27.4 Å². The molecule has 0 amide bonds. The molecule has 3 rings (SSSR count). The summed E-state index contributed by atoms with van der Waals surface area (Å²) >= 11 is 1.81. The Morgan fingerprint density at radius 2 is 2.00 bits per heavy atom. The highest BCUT2D eigenvalue weighted by Gasteiger charge is 2.25. The molecule has 21 heavy (non-hydrogen) atoms. The van der Waals surface area contributed by atoms with Crippen molar-refractivity contribution in [3.05, 3.63) is 35.2 Å². The molecule has 1 saturated carbocycles. The van der Waals surface area contributed by atoms with Crippen LogP contribution in [0.4, 0.5) is 0 Å². The third-order valence-corrected chi connectivity index (χ3v) is 5.48. The third kappa shape index (κ3) is 3.44. The maximum absolute atomic E-state index is 10.9. The Kier molecular flexibility index (Phi) is 4.56. The lowest BCUT2D eigenvalue weighted by Crippen LogP contribution is -2.35. The van der Waals surface area contributed by atoms with E-state index < -0.39 is 5.97 Å². The molecule has 1 aromatic heterocycles. The van der Waals surface area contributed by atoms with E-state index in [4.69, 9.17) is 5.11 Å². The highest BCUT2D eigenvalue weighted by atomic mass is 32.1. The lowest BCUT2D eigenvalue weighted by Gasteiger charge is -2.26. The average molecular weight is 303 g/mol. The monoisotopic (exact) mass is 303 g/mol. The highest BCUT2D eigenvalue weighted by molar-refractivity contribution is 7.17. The molecule has 2 aromatic rings. The Labute approximate surface area is 129 Å². The summed E-state index contributed by atoms with van der Waals surface area (Å²) in [6, 6.07) is 9.04. The number of carbonyl (C=O) groups is 1. The largest absolute Gasteiger partial charge is 0.481 e. The second kappa shape index (κ2) is 6.58. The fourth-order valence-corrected chi connectivity index (χ4v) is 4.18. The number of benzene rings is 1. The van der Waals surface area contributed by atoms with E-state index in [1.807, 2.05) is 11.3 Å². The van der Waals surface area contributed by atoms with Crippen molar-refractivity contribution in [2.24, 2.45) is 5.92 Å². The Bertz CT molecular complexity index is 614. The minimum absolute atomic E-state index is 0.121. The Balaban J connectivity index is 1.48. The van der Waals surface area contributed by atoms with Crippen molar-refractivity contribution in [2.75, 3.05) is 6.54 Å². The first-order valence-corrected chi connectivity index (χ1v) is 8.53. The van der Waals surface area contributed by atoms with E-state index in [0.29, 0.717) is 6.04 Å². The zero-order valence-electron chi connectivity index (χ0n) is 12.0. The molecule has 0 unspecified atom stereocenters. The molecule has 1 aliphatic rings. The molecule has 1 heterocycles. The van der Waals surface area contributed by atoms with Gasteiger partial charge in [-0.25, -0.2) is 0 Å². The quantitative estimate of drug-likeness (QED) is 0.886. The van der Waals surface area contributed by atoms with Gasteiger partial charge in [-0.1, -0.05) is 18.2 Å². The minimum Gasteiger partial charge on any atom is -0.481 e. The van der Waals surface area contributed by atoms with Crippen LogP contribution in [-0.2, 0) is 11.2 Å². The zero-order chi connectivity index (χ0) is 14.7. The minimum atomic E-state index is -0.627. The Hall–Kier alpha value is -1.39. The van der Waals surface area contributed by atoms with Gasteiger partial charge >= 0.3 is 5.97 Å². The lowest BCUT2D eigenvalue weighted by atomic mass is 9.86. The van der Waals surface area contributed by atoms with E-state index in [1.165, 1.54) is 15.6 Å². The summed E-state index contributed by atoms with van der Waals surface area (Å²) in [4.78, 5) is 10.9. The van der Waals surface area contributed by atoms with Crippen molar-refractivity contribution in [1.29, 1.82) is 0 Å². The van der Waals surface area contributed by atoms with Gasteiger partial charge in [0.15, 0.2) is 0 Å². The van der Waals surface area contributed by atoms with E-state index in [-0.39, 0.29) is 5.92 Å². The van der Waals surface area contributed by atoms with Crippen LogP contribution in [0.25, 0.3) is 10.1 Å². The summed E-state index contributed by atoms with van der Waals surface area (Å²) < 4.78 is 1.36. The van der Waals surface area contributed by atoms with Crippen LogP contribution in [0.1, 0.15) is 31.2 Å². The molecule has 1 fully saturated rings. The van der Waals surface area contributed by atoms with Crippen molar-refractivity contribution in [2.45, 2.75) is 38.1 Å². The molecule has 1 aromatic carbocycles. The maximum atomic E-state index is 10.9. The van der Waals surface area contributed by atoms with E-state index in [1.54, 1.807) is 0 Å². The van der Waals surface area contributed by atoms with Gasteiger partial charge in [0.2, 0.25) is 0 Å². The number of rotatable bonds is 5. The van der Waals surface area contributed by atoms with Crippen molar-refractivity contribution in [3.63, 3.8) is 0 Å². The number of carboxylic acid groups (broad SMARTS) is 1. The van der Waals surface area contributed by atoms with E-state index in [2.05, 4.69) is 35.0 Å². The highest BCUT2D eigenvalue weighted by Crippen LogP contribution is 2.26. The van der Waals surface area contributed by atoms with Gasteiger partial charge in [-0.3, -0.25) is 4.79 Å². The second-order valence-corrected chi connectivity index (χ2v) is 6.76. The van der Waals surface area contributed by atoms with E-state index >= 15 is 0 Å². The SMILES string of the molecule is O=C(O)C1CCC(NCCc2csc3ccccc23)CC1. The molecule has 0 atom stereocenters. The van der Waals surface area contributed by atoms with Crippen LogP contribution in [0.2, 0.25) is 0 Å².